The zero-order chi connectivity index (χ0) is 22.0. The molecule has 0 radical (unpaired) electrons. The number of anilines is 1. The van der Waals surface area contributed by atoms with Gasteiger partial charge in [-0.2, -0.15) is 0 Å². The SMILES string of the molecule is O=C1/C(=C/c2cc(Br)ccc2OCc2ccc(Cl)cc2)SC(=S)N1c1ccccc1F. The second-order valence-corrected chi connectivity index (χ2v) is 9.59. The fraction of sp³-hybridized carbons (Fsp3) is 0.0435. The highest BCUT2D eigenvalue weighted by Crippen LogP contribution is 2.38. The summed E-state index contributed by atoms with van der Waals surface area (Å²) < 4.78 is 21.3. The average molecular weight is 535 g/mol. The second kappa shape index (κ2) is 9.53. The van der Waals surface area contributed by atoms with Crippen LogP contribution in [0.5, 0.6) is 5.75 Å². The van der Waals surface area contributed by atoms with E-state index in [4.69, 9.17) is 28.6 Å². The average Bonchev–Trinajstić information content (AvgIpc) is 3.02. The molecule has 1 fully saturated rings. The Kier molecular flexibility index (Phi) is 6.77. The topological polar surface area (TPSA) is 29.5 Å². The quantitative estimate of drug-likeness (QED) is 0.255. The minimum absolute atomic E-state index is 0.141. The van der Waals surface area contributed by atoms with Crippen molar-refractivity contribution in [1.82, 2.24) is 0 Å². The lowest BCUT2D eigenvalue weighted by atomic mass is 10.1. The van der Waals surface area contributed by atoms with Gasteiger partial charge in [-0.25, -0.2) is 4.39 Å². The Labute approximate surface area is 202 Å². The van der Waals surface area contributed by atoms with Crippen LogP contribution >= 0.6 is 51.5 Å². The van der Waals surface area contributed by atoms with E-state index >= 15 is 0 Å². The van der Waals surface area contributed by atoms with E-state index in [1.54, 1.807) is 30.3 Å². The van der Waals surface area contributed by atoms with Crippen molar-refractivity contribution in [3.05, 3.63) is 98.1 Å². The Morgan fingerprint density at radius 2 is 1.87 bits per heavy atom. The van der Waals surface area contributed by atoms with Crippen LogP contribution in [0.1, 0.15) is 11.1 Å². The van der Waals surface area contributed by atoms with E-state index in [0.717, 1.165) is 21.8 Å². The molecule has 3 nitrogen and oxygen atoms in total. The fourth-order valence-electron chi connectivity index (χ4n) is 2.95. The summed E-state index contributed by atoms with van der Waals surface area (Å²) in [6, 6.07) is 19.0. The van der Waals surface area contributed by atoms with Crippen molar-refractivity contribution in [2.24, 2.45) is 0 Å². The molecule has 0 atom stereocenters. The first-order valence-electron chi connectivity index (χ1n) is 9.11. The van der Waals surface area contributed by atoms with Gasteiger partial charge in [0.25, 0.3) is 5.91 Å². The minimum Gasteiger partial charge on any atom is -0.488 e. The van der Waals surface area contributed by atoms with Crippen molar-refractivity contribution in [1.29, 1.82) is 0 Å². The van der Waals surface area contributed by atoms with Crippen LogP contribution in [-0.2, 0) is 11.4 Å². The third kappa shape index (κ3) is 5.01. The zero-order valence-corrected chi connectivity index (χ0v) is 19.8. The first-order valence-corrected chi connectivity index (χ1v) is 11.5. The van der Waals surface area contributed by atoms with Crippen LogP contribution in [0, 0.1) is 5.82 Å². The first-order chi connectivity index (χ1) is 14.9. The van der Waals surface area contributed by atoms with Gasteiger partial charge in [0.2, 0.25) is 0 Å². The van der Waals surface area contributed by atoms with E-state index in [1.165, 1.54) is 17.0 Å². The lowest BCUT2D eigenvalue weighted by Gasteiger charge is -2.15. The van der Waals surface area contributed by atoms with Crippen molar-refractivity contribution in [2.45, 2.75) is 6.61 Å². The van der Waals surface area contributed by atoms with Gasteiger partial charge in [-0.1, -0.05) is 75.8 Å². The van der Waals surface area contributed by atoms with E-state index in [2.05, 4.69) is 15.9 Å². The highest BCUT2D eigenvalue weighted by molar-refractivity contribution is 9.10. The molecule has 1 aliphatic heterocycles. The number of thiocarbonyl (C=S) groups is 1. The molecule has 0 spiro atoms. The fourth-order valence-corrected chi connectivity index (χ4v) is 4.74. The molecule has 0 aromatic heterocycles. The second-order valence-electron chi connectivity index (χ2n) is 6.57. The summed E-state index contributed by atoms with van der Waals surface area (Å²) >= 11 is 15.9. The molecule has 4 rings (SSSR count). The first kappa shape index (κ1) is 22.0. The zero-order valence-electron chi connectivity index (χ0n) is 15.8. The number of benzene rings is 3. The van der Waals surface area contributed by atoms with Gasteiger partial charge >= 0.3 is 0 Å². The summed E-state index contributed by atoms with van der Waals surface area (Å²) in [4.78, 5) is 14.6. The van der Waals surface area contributed by atoms with Gasteiger partial charge in [-0.05, 0) is 54.1 Å². The number of nitrogens with zero attached hydrogens (tertiary/aromatic N) is 1. The van der Waals surface area contributed by atoms with Crippen LogP contribution < -0.4 is 9.64 Å². The lowest BCUT2D eigenvalue weighted by Crippen LogP contribution is -2.28. The molecule has 8 heteroatoms. The third-order valence-corrected chi connectivity index (χ3v) is 6.50. The van der Waals surface area contributed by atoms with Gasteiger partial charge in [0, 0.05) is 15.1 Å². The molecular formula is C23H14BrClFNO2S2. The standard InChI is InChI=1S/C23H14BrClFNO2S2/c24-16-7-10-20(29-13-14-5-8-17(25)9-6-14)15(11-16)12-21-22(28)27(23(30)31-21)19-4-2-1-3-18(19)26/h1-12H,13H2/b21-12-. The number of rotatable bonds is 5. The van der Waals surface area contributed by atoms with Crippen LogP contribution in [0.3, 0.4) is 0 Å². The van der Waals surface area contributed by atoms with Crippen LogP contribution in [0.15, 0.2) is 76.1 Å². The molecule has 31 heavy (non-hydrogen) atoms. The molecule has 1 amide bonds. The van der Waals surface area contributed by atoms with Crippen LogP contribution in [0.25, 0.3) is 6.08 Å². The number of hydrogen-bond donors (Lipinski definition) is 0. The number of para-hydroxylation sites is 1. The Bertz CT molecular complexity index is 1200. The van der Waals surface area contributed by atoms with Gasteiger partial charge in [0.05, 0.1) is 10.6 Å². The summed E-state index contributed by atoms with van der Waals surface area (Å²) in [6.07, 6.45) is 1.71. The Balaban J connectivity index is 1.61. The van der Waals surface area contributed by atoms with Crippen molar-refractivity contribution in [3.63, 3.8) is 0 Å². The van der Waals surface area contributed by atoms with E-state index in [0.29, 0.717) is 27.8 Å². The van der Waals surface area contributed by atoms with Crippen LogP contribution in [0.4, 0.5) is 10.1 Å². The molecule has 0 bridgehead atoms. The van der Waals surface area contributed by atoms with Gasteiger partial charge < -0.3 is 4.74 Å². The molecule has 3 aromatic rings. The smallest absolute Gasteiger partial charge is 0.270 e. The molecule has 1 saturated heterocycles. The molecule has 0 aliphatic carbocycles. The number of hydrogen-bond acceptors (Lipinski definition) is 4. The highest BCUT2D eigenvalue weighted by atomic mass is 79.9. The predicted molar refractivity (Wildman–Crippen MR) is 132 cm³/mol. The molecule has 3 aromatic carbocycles. The van der Waals surface area contributed by atoms with Crippen molar-refractivity contribution in [2.75, 3.05) is 4.90 Å². The highest BCUT2D eigenvalue weighted by Gasteiger charge is 2.34. The largest absolute Gasteiger partial charge is 0.488 e. The molecule has 1 heterocycles. The molecule has 0 unspecified atom stereocenters. The Hall–Kier alpha value is -2.19. The van der Waals surface area contributed by atoms with E-state index in [-0.39, 0.29) is 15.9 Å². The summed E-state index contributed by atoms with van der Waals surface area (Å²) in [5.41, 5.74) is 1.81. The number of halogens is 3. The van der Waals surface area contributed by atoms with Crippen LogP contribution in [-0.4, -0.2) is 10.2 Å². The molecule has 0 N–H and O–H groups in total. The summed E-state index contributed by atoms with van der Waals surface area (Å²) in [5.74, 6) is -0.271. The van der Waals surface area contributed by atoms with Gasteiger partial charge in [-0.15, -0.1) is 0 Å². The van der Waals surface area contributed by atoms with Crippen molar-refractivity contribution in [3.8, 4) is 5.75 Å². The Morgan fingerprint density at radius 3 is 2.61 bits per heavy atom. The van der Waals surface area contributed by atoms with Gasteiger partial charge in [0.15, 0.2) is 4.32 Å². The van der Waals surface area contributed by atoms with Gasteiger partial charge in [-0.3, -0.25) is 9.69 Å². The number of carbonyl (C=O) groups excluding carboxylic acids is 1. The van der Waals surface area contributed by atoms with E-state index in [9.17, 15) is 9.18 Å². The maximum Gasteiger partial charge on any atom is 0.270 e. The number of thioether (sulfide) groups is 1. The number of amides is 1. The monoisotopic (exact) mass is 533 g/mol. The summed E-state index contributed by atoms with van der Waals surface area (Å²) in [7, 11) is 0. The van der Waals surface area contributed by atoms with Crippen molar-refractivity contribution >= 4 is 73.5 Å². The molecular weight excluding hydrogens is 521 g/mol. The summed E-state index contributed by atoms with van der Waals surface area (Å²) in [6.45, 7) is 0.343. The Morgan fingerprint density at radius 1 is 1.13 bits per heavy atom. The van der Waals surface area contributed by atoms with Crippen molar-refractivity contribution < 1.29 is 13.9 Å². The molecule has 1 aliphatic rings. The third-order valence-electron chi connectivity index (χ3n) is 4.45. The van der Waals surface area contributed by atoms with Gasteiger partial charge in [0.1, 0.15) is 18.2 Å². The maximum atomic E-state index is 14.2. The normalized spacial score (nSPS) is 15.1. The summed E-state index contributed by atoms with van der Waals surface area (Å²) in [5, 5.41) is 0.657. The number of carbonyl (C=O) groups is 1. The van der Waals surface area contributed by atoms with E-state index < -0.39 is 5.82 Å². The predicted octanol–water partition coefficient (Wildman–Crippen LogP) is 7.23. The molecule has 0 saturated carbocycles. The lowest BCUT2D eigenvalue weighted by molar-refractivity contribution is -0.113. The molecule has 156 valence electrons. The maximum absolute atomic E-state index is 14.2. The minimum atomic E-state index is -0.505. The van der Waals surface area contributed by atoms with E-state index in [1.807, 2.05) is 30.3 Å². The van der Waals surface area contributed by atoms with Crippen LogP contribution in [0.2, 0.25) is 5.02 Å². The number of ether oxygens (including phenoxy) is 1.